The number of hydrogen-bond acceptors (Lipinski definition) is 7. The number of hydrogen-bond donors (Lipinski definition) is 2. The van der Waals surface area contributed by atoms with E-state index in [1.807, 2.05) is 18.2 Å². The normalized spacial score (nSPS) is 11.1. The fourth-order valence-electron chi connectivity index (χ4n) is 3.90. The third kappa shape index (κ3) is 6.33. The largest absolute Gasteiger partial charge is 0.341 e. The molecule has 5 rings (SSSR count). The smallest absolute Gasteiger partial charge is 0.230 e. The molecule has 9 heteroatoms. The Morgan fingerprint density at radius 1 is 0.914 bits per heavy atom. The van der Waals surface area contributed by atoms with Gasteiger partial charge in [0.25, 0.3) is 0 Å². The molecule has 0 unspecified atom stereocenters. The van der Waals surface area contributed by atoms with E-state index in [-0.39, 0.29) is 12.3 Å². The zero-order valence-electron chi connectivity index (χ0n) is 19.1. The van der Waals surface area contributed by atoms with Gasteiger partial charge in [-0.05, 0) is 48.6 Å². The molecule has 4 aromatic heterocycles. The van der Waals surface area contributed by atoms with Crippen molar-refractivity contribution in [2.24, 2.45) is 0 Å². The molecular weight excluding hydrogens is 458 g/mol. The molecule has 4 heterocycles. The zero-order chi connectivity index (χ0) is 23.9. The summed E-state index contributed by atoms with van der Waals surface area (Å²) in [6.07, 6.45) is 8.10. The first-order valence-electron chi connectivity index (χ1n) is 11.6. The summed E-state index contributed by atoms with van der Waals surface area (Å²) in [6.45, 7) is 0. The molecule has 8 nitrogen and oxygen atoms in total. The van der Waals surface area contributed by atoms with Crippen molar-refractivity contribution in [3.05, 3.63) is 94.5 Å². The number of nitrogens with one attached hydrogen (secondary N) is 2. The fraction of sp³-hybridized carbons (Fsp3) is 0.231. The highest BCUT2D eigenvalue weighted by atomic mass is 32.1. The van der Waals surface area contributed by atoms with Gasteiger partial charge in [0.15, 0.2) is 5.65 Å². The molecule has 0 atom stereocenters. The van der Waals surface area contributed by atoms with Crippen LogP contribution >= 0.6 is 11.3 Å². The number of rotatable bonds is 10. The zero-order valence-corrected chi connectivity index (χ0v) is 20.0. The molecule has 0 spiro atoms. The summed E-state index contributed by atoms with van der Waals surface area (Å²) < 4.78 is 0. The number of anilines is 1. The van der Waals surface area contributed by atoms with Crippen LogP contribution in [0.2, 0.25) is 0 Å². The predicted molar refractivity (Wildman–Crippen MR) is 136 cm³/mol. The number of carbonyl (C=O) groups is 1. The molecule has 5 aromatic rings. The van der Waals surface area contributed by atoms with Crippen LogP contribution in [0.1, 0.15) is 40.4 Å². The van der Waals surface area contributed by atoms with E-state index < -0.39 is 0 Å². The van der Waals surface area contributed by atoms with E-state index in [4.69, 9.17) is 0 Å². The van der Waals surface area contributed by atoms with Crippen molar-refractivity contribution in [1.82, 2.24) is 30.4 Å². The number of unbranched alkanes of at least 4 members (excludes halogenated alkanes) is 1. The number of aromatic nitrogens is 6. The number of nitrogens with zero attached hydrogens (tertiary/aromatic N) is 5. The van der Waals surface area contributed by atoms with Gasteiger partial charge in [-0.2, -0.15) is 5.10 Å². The lowest BCUT2D eigenvalue weighted by Gasteiger charge is -2.00. The number of fused-ring (bicyclic) bond motifs is 1. The molecular formula is C26H25N7OS. The number of aromatic amines is 1. The number of aryl methyl sites for hydroxylation is 2. The van der Waals surface area contributed by atoms with E-state index in [9.17, 15) is 4.79 Å². The molecule has 176 valence electrons. The monoisotopic (exact) mass is 483 g/mol. The van der Waals surface area contributed by atoms with Crippen LogP contribution in [0, 0.1) is 0 Å². The van der Waals surface area contributed by atoms with Gasteiger partial charge in [-0.3, -0.25) is 9.78 Å². The highest BCUT2D eigenvalue weighted by molar-refractivity contribution is 7.15. The van der Waals surface area contributed by atoms with E-state index >= 15 is 0 Å². The van der Waals surface area contributed by atoms with Gasteiger partial charge in [0.2, 0.25) is 11.0 Å². The van der Waals surface area contributed by atoms with Crippen molar-refractivity contribution in [2.75, 3.05) is 5.32 Å². The fourth-order valence-corrected chi connectivity index (χ4v) is 4.70. The second kappa shape index (κ2) is 11.0. The van der Waals surface area contributed by atoms with Crippen molar-refractivity contribution in [3.8, 4) is 0 Å². The quantitative estimate of drug-likeness (QED) is 0.282. The topological polar surface area (TPSA) is 109 Å². The third-order valence-corrected chi connectivity index (χ3v) is 6.49. The molecule has 0 aliphatic heterocycles. The van der Waals surface area contributed by atoms with E-state index in [0.29, 0.717) is 5.13 Å². The average Bonchev–Trinajstić information content (AvgIpc) is 3.48. The van der Waals surface area contributed by atoms with Crippen LogP contribution in [0.4, 0.5) is 5.13 Å². The maximum Gasteiger partial charge on any atom is 0.230 e. The van der Waals surface area contributed by atoms with Gasteiger partial charge in [-0.1, -0.05) is 47.7 Å². The maximum atomic E-state index is 12.2. The molecule has 0 radical (unpaired) electrons. The van der Waals surface area contributed by atoms with Crippen molar-refractivity contribution in [2.45, 2.75) is 38.5 Å². The lowest BCUT2D eigenvalue weighted by Crippen LogP contribution is -2.14. The molecule has 0 saturated heterocycles. The predicted octanol–water partition coefficient (Wildman–Crippen LogP) is 4.54. The lowest BCUT2D eigenvalue weighted by molar-refractivity contribution is -0.115. The first-order chi connectivity index (χ1) is 17.2. The SMILES string of the molecule is O=C(Cc1cccnc1)Nc1nnc(CCCCc2cc3cc(Cc4ccccc4)[nH]c3nn2)s1. The number of pyridine rings is 1. The Bertz CT molecular complexity index is 1400. The number of amides is 1. The number of H-pyrrole nitrogens is 1. The molecule has 35 heavy (non-hydrogen) atoms. The Morgan fingerprint density at radius 3 is 2.63 bits per heavy atom. The second-order valence-electron chi connectivity index (χ2n) is 8.39. The average molecular weight is 484 g/mol. The molecule has 1 amide bonds. The Morgan fingerprint density at radius 2 is 1.77 bits per heavy atom. The van der Waals surface area contributed by atoms with Crippen LogP contribution in [-0.4, -0.2) is 36.3 Å². The van der Waals surface area contributed by atoms with E-state index in [2.05, 4.69) is 72.1 Å². The third-order valence-electron chi connectivity index (χ3n) is 5.59. The first kappa shape index (κ1) is 22.8. The van der Waals surface area contributed by atoms with E-state index in [1.165, 1.54) is 16.9 Å². The Kier molecular flexibility index (Phi) is 7.14. The summed E-state index contributed by atoms with van der Waals surface area (Å²) in [5, 5.41) is 22.4. The van der Waals surface area contributed by atoms with Gasteiger partial charge in [-0.25, -0.2) is 0 Å². The highest BCUT2D eigenvalue weighted by Crippen LogP contribution is 2.19. The van der Waals surface area contributed by atoms with Crippen LogP contribution < -0.4 is 5.32 Å². The van der Waals surface area contributed by atoms with E-state index in [0.717, 1.165) is 65.1 Å². The van der Waals surface area contributed by atoms with Crippen LogP contribution in [0.15, 0.2) is 67.0 Å². The minimum absolute atomic E-state index is 0.119. The second-order valence-corrected chi connectivity index (χ2v) is 9.45. The van der Waals surface area contributed by atoms with Crippen molar-refractivity contribution in [1.29, 1.82) is 0 Å². The Hall–Kier alpha value is -3.98. The van der Waals surface area contributed by atoms with Crippen LogP contribution in [-0.2, 0) is 30.5 Å². The van der Waals surface area contributed by atoms with Crippen molar-refractivity contribution in [3.63, 3.8) is 0 Å². The molecule has 0 bridgehead atoms. The minimum atomic E-state index is -0.119. The van der Waals surface area contributed by atoms with Crippen molar-refractivity contribution >= 4 is 33.4 Å². The summed E-state index contributed by atoms with van der Waals surface area (Å²) in [5.74, 6) is -0.119. The number of carbonyl (C=O) groups excluding carboxylic acids is 1. The Labute approximate surface area is 206 Å². The van der Waals surface area contributed by atoms with Crippen LogP contribution in [0.25, 0.3) is 11.0 Å². The van der Waals surface area contributed by atoms with Crippen LogP contribution in [0.3, 0.4) is 0 Å². The summed E-state index contributed by atoms with van der Waals surface area (Å²) in [6, 6.07) is 18.4. The molecule has 0 aliphatic carbocycles. The summed E-state index contributed by atoms with van der Waals surface area (Å²) in [5.41, 5.74) is 5.08. The van der Waals surface area contributed by atoms with Gasteiger partial charge in [0.1, 0.15) is 5.01 Å². The first-order valence-corrected chi connectivity index (χ1v) is 12.4. The lowest BCUT2D eigenvalue weighted by atomic mass is 10.1. The summed E-state index contributed by atoms with van der Waals surface area (Å²) >= 11 is 1.42. The standard InChI is InChI=1S/C26H25N7OS/c34-23(14-19-9-6-12-27-17-19)29-26-33-31-24(35-26)11-5-4-10-21-15-20-16-22(28-25(20)32-30-21)13-18-7-2-1-3-8-18/h1-3,6-9,12,15-17H,4-5,10-11,13-14H2,(H,28,32)(H,29,33,34). The van der Waals surface area contributed by atoms with Crippen LogP contribution in [0.5, 0.6) is 0 Å². The molecule has 1 aromatic carbocycles. The van der Waals surface area contributed by atoms with Gasteiger partial charge >= 0.3 is 0 Å². The molecule has 0 fully saturated rings. The van der Waals surface area contributed by atoms with Crippen molar-refractivity contribution < 1.29 is 4.79 Å². The van der Waals surface area contributed by atoms with E-state index in [1.54, 1.807) is 12.4 Å². The van der Waals surface area contributed by atoms with Gasteiger partial charge in [-0.15, -0.1) is 15.3 Å². The summed E-state index contributed by atoms with van der Waals surface area (Å²) in [4.78, 5) is 19.6. The highest BCUT2D eigenvalue weighted by Gasteiger charge is 2.10. The molecule has 0 aliphatic rings. The Balaban J connectivity index is 1.08. The molecule has 2 N–H and O–H groups in total. The molecule has 0 saturated carbocycles. The maximum absolute atomic E-state index is 12.2. The summed E-state index contributed by atoms with van der Waals surface area (Å²) in [7, 11) is 0. The number of benzene rings is 1. The van der Waals surface area contributed by atoms with Gasteiger partial charge in [0.05, 0.1) is 12.1 Å². The van der Waals surface area contributed by atoms with Gasteiger partial charge < -0.3 is 10.3 Å². The van der Waals surface area contributed by atoms with Gasteiger partial charge in [0, 0.05) is 36.3 Å². The minimum Gasteiger partial charge on any atom is -0.341 e.